The minimum Gasteiger partial charge on any atom is -0.495 e. The van der Waals surface area contributed by atoms with E-state index in [4.69, 9.17) is 31.0 Å². The normalized spacial score (nSPS) is 22.0. The third kappa shape index (κ3) is 4.15. The Morgan fingerprint density at radius 1 is 1.24 bits per heavy atom. The number of anilines is 3. The maximum absolute atomic E-state index is 13.0. The highest BCUT2D eigenvalue weighted by Crippen LogP contribution is 2.37. The van der Waals surface area contributed by atoms with Gasteiger partial charge in [-0.15, -0.1) is 0 Å². The molecule has 5 rings (SSSR count). The van der Waals surface area contributed by atoms with Gasteiger partial charge in [-0.2, -0.15) is 9.97 Å². The molecule has 0 aliphatic carbocycles. The molecule has 9 nitrogen and oxygen atoms in total. The molecule has 2 aromatic rings. The quantitative estimate of drug-likeness (QED) is 0.613. The van der Waals surface area contributed by atoms with Crippen LogP contribution in [0.25, 0.3) is 0 Å². The van der Waals surface area contributed by atoms with Crippen LogP contribution in [0.4, 0.5) is 17.6 Å². The van der Waals surface area contributed by atoms with Crippen LogP contribution in [0.15, 0.2) is 18.2 Å². The molecule has 0 unspecified atom stereocenters. The van der Waals surface area contributed by atoms with Crippen molar-refractivity contribution >= 4 is 35.2 Å². The summed E-state index contributed by atoms with van der Waals surface area (Å²) in [6.07, 6.45) is 3.84. The Labute approximate surface area is 197 Å². The van der Waals surface area contributed by atoms with Crippen molar-refractivity contribution in [3.63, 3.8) is 0 Å². The van der Waals surface area contributed by atoms with Gasteiger partial charge in [-0.1, -0.05) is 17.7 Å². The lowest BCUT2D eigenvalue weighted by Gasteiger charge is -2.28. The first-order chi connectivity index (χ1) is 16.1. The summed E-state index contributed by atoms with van der Waals surface area (Å²) in [5.74, 6) is 1.76. The Balaban J connectivity index is 1.54. The molecule has 0 saturated carbocycles. The predicted molar refractivity (Wildman–Crippen MR) is 125 cm³/mol. The van der Waals surface area contributed by atoms with Crippen molar-refractivity contribution in [3.05, 3.63) is 34.3 Å². The number of methoxy groups -OCH3 is 1. The molecule has 10 heteroatoms. The molecule has 0 amide bonds. The smallest absolute Gasteiger partial charge is 0.345 e. The fourth-order valence-corrected chi connectivity index (χ4v) is 5.20. The minimum atomic E-state index is -0.415. The number of benzene rings is 1. The van der Waals surface area contributed by atoms with Crippen LogP contribution >= 0.6 is 11.6 Å². The highest BCUT2D eigenvalue weighted by Gasteiger charge is 2.38. The lowest BCUT2D eigenvalue weighted by Crippen LogP contribution is -2.36. The summed E-state index contributed by atoms with van der Waals surface area (Å²) >= 11 is 6.29. The van der Waals surface area contributed by atoms with Gasteiger partial charge in [-0.3, -0.25) is 0 Å². The molecule has 2 fully saturated rings. The highest BCUT2D eigenvalue weighted by molar-refractivity contribution is 6.32. The van der Waals surface area contributed by atoms with E-state index < -0.39 is 5.97 Å². The molecule has 0 spiro atoms. The zero-order valence-electron chi connectivity index (χ0n) is 18.6. The Hall–Kier alpha value is -2.78. The van der Waals surface area contributed by atoms with Gasteiger partial charge in [0.2, 0.25) is 5.95 Å². The summed E-state index contributed by atoms with van der Waals surface area (Å²) in [6, 6.07) is 5.65. The number of rotatable bonds is 6. The van der Waals surface area contributed by atoms with Gasteiger partial charge in [-0.25, -0.2) is 4.79 Å². The number of carbonyl (C=O) groups excluding carboxylic acids is 1. The average Bonchev–Trinajstić information content (AvgIpc) is 3.47. The number of halogens is 1. The van der Waals surface area contributed by atoms with Crippen LogP contribution in [0.5, 0.6) is 5.75 Å². The molecule has 2 N–H and O–H groups in total. The summed E-state index contributed by atoms with van der Waals surface area (Å²) in [7, 11) is 1.58. The van der Waals surface area contributed by atoms with Crippen LogP contribution < -0.4 is 19.9 Å². The molecule has 0 radical (unpaired) electrons. The first kappa shape index (κ1) is 22.0. The number of hydrogen-bond acceptors (Lipinski definition) is 9. The number of aromatic nitrogens is 2. The number of nitrogens with one attached hydrogen (secondary N) is 1. The molecule has 1 aromatic carbocycles. The van der Waals surface area contributed by atoms with E-state index in [0.29, 0.717) is 47.1 Å². The van der Waals surface area contributed by atoms with Crippen molar-refractivity contribution in [2.75, 3.05) is 48.5 Å². The van der Waals surface area contributed by atoms with Crippen molar-refractivity contribution in [3.8, 4) is 5.75 Å². The fourth-order valence-electron chi connectivity index (χ4n) is 4.92. The average molecular weight is 474 g/mol. The van der Waals surface area contributed by atoms with Crippen LogP contribution in [0.3, 0.4) is 0 Å². The van der Waals surface area contributed by atoms with Gasteiger partial charge in [0.25, 0.3) is 0 Å². The van der Waals surface area contributed by atoms with Gasteiger partial charge in [-0.05, 0) is 43.4 Å². The SMILES string of the molecule is COc1ccc(CNc2nc(N3CCC[C@H]3CO)nc3c2C(=O)OC[C@H]2CCCN32)cc1Cl. The molecular formula is C23H28ClN5O4. The van der Waals surface area contributed by atoms with Gasteiger partial charge in [0, 0.05) is 19.6 Å². The van der Waals surface area contributed by atoms with Crippen molar-refractivity contribution in [1.29, 1.82) is 0 Å². The summed E-state index contributed by atoms with van der Waals surface area (Å²) in [5, 5.41) is 13.7. The van der Waals surface area contributed by atoms with E-state index in [2.05, 4.69) is 10.2 Å². The van der Waals surface area contributed by atoms with E-state index in [1.165, 1.54) is 0 Å². The number of aliphatic hydroxyl groups is 1. The molecule has 1 aromatic heterocycles. The van der Waals surface area contributed by atoms with E-state index in [9.17, 15) is 9.90 Å². The van der Waals surface area contributed by atoms with Gasteiger partial charge >= 0.3 is 5.97 Å². The molecule has 3 aliphatic rings. The molecular weight excluding hydrogens is 446 g/mol. The Bertz CT molecular complexity index is 1050. The number of ether oxygens (including phenoxy) is 2. The van der Waals surface area contributed by atoms with Gasteiger partial charge in [0.15, 0.2) is 5.82 Å². The van der Waals surface area contributed by atoms with Crippen LogP contribution in [0.1, 0.15) is 41.6 Å². The Morgan fingerprint density at radius 3 is 2.85 bits per heavy atom. The van der Waals surface area contributed by atoms with Gasteiger partial charge in [0.1, 0.15) is 23.7 Å². The van der Waals surface area contributed by atoms with Crippen molar-refractivity contribution < 1.29 is 19.4 Å². The molecule has 2 atom stereocenters. The fraction of sp³-hybridized carbons (Fsp3) is 0.522. The Morgan fingerprint density at radius 2 is 2.06 bits per heavy atom. The largest absolute Gasteiger partial charge is 0.495 e. The summed E-state index contributed by atoms with van der Waals surface area (Å²) < 4.78 is 10.8. The summed E-state index contributed by atoms with van der Waals surface area (Å²) in [5.41, 5.74) is 1.28. The zero-order valence-corrected chi connectivity index (χ0v) is 19.3. The van der Waals surface area contributed by atoms with Crippen LogP contribution in [-0.4, -0.2) is 66.5 Å². The van der Waals surface area contributed by atoms with Crippen molar-refractivity contribution in [2.45, 2.75) is 44.3 Å². The number of aliphatic hydroxyl groups excluding tert-OH is 1. The summed E-state index contributed by atoms with van der Waals surface area (Å²) in [6.45, 7) is 2.39. The first-order valence-corrected chi connectivity index (χ1v) is 11.8. The second-order valence-corrected chi connectivity index (χ2v) is 9.06. The number of nitrogens with zero attached hydrogens (tertiary/aromatic N) is 4. The first-order valence-electron chi connectivity index (χ1n) is 11.4. The maximum Gasteiger partial charge on any atom is 0.345 e. The number of esters is 1. The van der Waals surface area contributed by atoms with Crippen molar-refractivity contribution in [2.24, 2.45) is 0 Å². The lowest BCUT2D eigenvalue weighted by molar-refractivity contribution is 0.0497. The third-order valence-corrected chi connectivity index (χ3v) is 6.95. The lowest BCUT2D eigenvalue weighted by atomic mass is 10.2. The molecule has 0 bridgehead atoms. The third-order valence-electron chi connectivity index (χ3n) is 6.66. The number of cyclic esters (lactones) is 1. The highest BCUT2D eigenvalue weighted by atomic mass is 35.5. The monoisotopic (exact) mass is 473 g/mol. The molecule has 4 heterocycles. The van der Waals surface area contributed by atoms with Crippen LogP contribution in [0.2, 0.25) is 5.02 Å². The standard InChI is InChI=1S/C23H28ClN5O4/c1-32-18-7-6-14(10-17(18)24)11-25-20-19-21(28-8-3-5-16(28)13-33-22(19)31)27-23(26-20)29-9-2-4-15(29)12-30/h6-7,10,15-16,30H,2-5,8-9,11-13H2,1H3,(H,25,26,27)/t15-,16+/m0/s1. The minimum absolute atomic E-state index is 0.0246. The molecule has 3 aliphatic heterocycles. The maximum atomic E-state index is 13.0. The molecule has 176 valence electrons. The van der Waals surface area contributed by atoms with Crippen LogP contribution in [-0.2, 0) is 11.3 Å². The Kier molecular flexibility index (Phi) is 6.16. The van der Waals surface area contributed by atoms with E-state index in [1.54, 1.807) is 7.11 Å². The van der Waals surface area contributed by atoms with Gasteiger partial charge in [0.05, 0.1) is 30.8 Å². The van der Waals surface area contributed by atoms with Gasteiger partial charge < -0.3 is 29.7 Å². The second-order valence-electron chi connectivity index (χ2n) is 8.65. The predicted octanol–water partition coefficient (Wildman–Crippen LogP) is 2.85. The number of fused-ring (bicyclic) bond motifs is 3. The topological polar surface area (TPSA) is 100 Å². The summed E-state index contributed by atoms with van der Waals surface area (Å²) in [4.78, 5) is 26.8. The zero-order chi connectivity index (χ0) is 22.9. The van der Waals surface area contributed by atoms with E-state index in [1.807, 2.05) is 23.1 Å². The number of hydrogen-bond donors (Lipinski definition) is 2. The van der Waals surface area contributed by atoms with Crippen molar-refractivity contribution in [1.82, 2.24) is 9.97 Å². The number of carbonyl (C=O) groups is 1. The van der Waals surface area contributed by atoms with E-state index in [-0.39, 0.29) is 18.7 Å². The van der Waals surface area contributed by atoms with E-state index in [0.717, 1.165) is 44.3 Å². The second kappa shape index (κ2) is 9.23. The van der Waals surface area contributed by atoms with E-state index >= 15 is 0 Å². The molecule has 33 heavy (non-hydrogen) atoms. The van der Waals surface area contributed by atoms with Crippen LogP contribution in [0, 0.1) is 0 Å². The molecule has 2 saturated heterocycles.